The minimum Gasteiger partial charge on any atom is -0.330 e. The lowest BCUT2D eigenvalue weighted by Gasteiger charge is -2.19. The van der Waals surface area contributed by atoms with E-state index < -0.39 is 12.1 Å². The molecule has 0 aromatic rings. The molecule has 13 heavy (non-hydrogen) atoms. The molecule has 1 unspecified atom stereocenters. The molecular weight excluding hydrogens is 181 g/mol. The monoisotopic (exact) mass is 198 g/mol. The van der Waals surface area contributed by atoms with Crippen LogP contribution >= 0.6 is 0 Å². The van der Waals surface area contributed by atoms with Gasteiger partial charge in [-0.1, -0.05) is 0 Å². The molecule has 5 heteroatoms. The van der Waals surface area contributed by atoms with Gasteiger partial charge in [-0.05, 0) is 33.5 Å². The minimum atomic E-state index is -4.14. The Hall–Kier alpha value is -0.290. The highest BCUT2D eigenvalue weighted by atomic mass is 19.4. The lowest BCUT2D eigenvalue weighted by Crippen LogP contribution is -2.30. The Morgan fingerprint density at radius 1 is 1.31 bits per heavy atom. The minimum absolute atomic E-state index is 0.123. The molecule has 2 nitrogen and oxygen atoms in total. The van der Waals surface area contributed by atoms with Crippen molar-refractivity contribution in [1.29, 1.82) is 0 Å². The molecule has 0 saturated carbocycles. The van der Waals surface area contributed by atoms with Gasteiger partial charge in [-0.3, -0.25) is 0 Å². The summed E-state index contributed by atoms with van der Waals surface area (Å²) in [4.78, 5) is 1.87. The van der Waals surface area contributed by atoms with Gasteiger partial charge in [-0.15, -0.1) is 0 Å². The number of hydrogen-bond acceptors (Lipinski definition) is 2. The van der Waals surface area contributed by atoms with E-state index in [4.69, 9.17) is 5.73 Å². The van der Waals surface area contributed by atoms with Crippen molar-refractivity contribution in [2.24, 2.45) is 11.7 Å². The van der Waals surface area contributed by atoms with Gasteiger partial charge in [-0.25, -0.2) is 0 Å². The lowest BCUT2D eigenvalue weighted by molar-refractivity contribution is -0.173. The summed E-state index contributed by atoms with van der Waals surface area (Å²) in [6.07, 6.45) is -3.48. The number of halogens is 3. The third-order valence-electron chi connectivity index (χ3n) is 1.91. The fourth-order valence-electron chi connectivity index (χ4n) is 1.07. The van der Waals surface area contributed by atoms with Crippen LogP contribution in [0.15, 0.2) is 0 Å². The van der Waals surface area contributed by atoms with Gasteiger partial charge in [0.15, 0.2) is 0 Å². The molecule has 0 radical (unpaired) electrons. The summed E-state index contributed by atoms with van der Waals surface area (Å²) in [5.74, 6) is -1.34. The first kappa shape index (κ1) is 12.7. The summed E-state index contributed by atoms with van der Waals surface area (Å²) >= 11 is 0. The molecule has 80 valence electrons. The normalized spacial score (nSPS) is 15.0. The summed E-state index contributed by atoms with van der Waals surface area (Å²) in [5.41, 5.74) is 5.04. The van der Waals surface area contributed by atoms with E-state index >= 15 is 0 Å². The van der Waals surface area contributed by atoms with E-state index in [2.05, 4.69) is 0 Å². The predicted octanol–water partition coefficient (Wildman–Crippen LogP) is 1.47. The van der Waals surface area contributed by atoms with Gasteiger partial charge in [-0.2, -0.15) is 13.2 Å². The summed E-state index contributed by atoms with van der Waals surface area (Å²) in [5, 5.41) is 0. The fraction of sp³-hybridized carbons (Fsp3) is 1.00. The molecule has 0 amide bonds. The molecule has 0 aromatic heterocycles. The number of rotatable bonds is 5. The molecule has 1 atom stereocenters. The maximum Gasteiger partial charge on any atom is 0.393 e. The molecule has 0 bridgehead atoms. The van der Waals surface area contributed by atoms with E-state index in [-0.39, 0.29) is 13.0 Å². The van der Waals surface area contributed by atoms with Crippen LogP contribution < -0.4 is 5.73 Å². The molecule has 0 fully saturated rings. The van der Waals surface area contributed by atoms with Gasteiger partial charge in [0.05, 0.1) is 5.92 Å². The van der Waals surface area contributed by atoms with Gasteiger partial charge < -0.3 is 10.6 Å². The Kier molecular flexibility index (Phi) is 5.32. The van der Waals surface area contributed by atoms with Crippen LogP contribution in [0.3, 0.4) is 0 Å². The maximum absolute atomic E-state index is 12.2. The quantitative estimate of drug-likeness (QED) is 0.724. The highest BCUT2D eigenvalue weighted by molar-refractivity contribution is 4.68. The van der Waals surface area contributed by atoms with Gasteiger partial charge in [0.25, 0.3) is 0 Å². The van der Waals surface area contributed by atoms with E-state index in [1.54, 1.807) is 0 Å². The van der Waals surface area contributed by atoms with Gasteiger partial charge >= 0.3 is 6.18 Å². The van der Waals surface area contributed by atoms with Gasteiger partial charge in [0.2, 0.25) is 0 Å². The number of nitrogens with zero attached hydrogens (tertiary/aromatic N) is 1. The van der Waals surface area contributed by atoms with Crippen molar-refractivity contribution in [1.82, 2.24) is 4.90 Å². The molecule has 2 N–H and O–H groups in total. The van der Waals surface area contributed by atoms with Crippen LogP contribution in [0.2, 0.25) is 0 Å². The molecule has 0 aliphatic carbocycles. The van der Waals surface area contributed by atoms with Crippen LogP contribution in [0.1, 0.15) is 12.8 Å². The molecule has 0 aliphatic heterocycles. The fourth-order valence-corrected chi connectivity index (χ4v) is 1.07. The Morgan fingerprint density at radius 2 is 1.85 bits per heavy atom. The van der Waals surface area contributed by atoms with Gasteiger partial charge in [0.1, 0.15) is 0 Å². The van der Waals surface area contributed by atoms with Crippen molar-refractivity contribution in [3.05, 3.63) is 0 Å². The van der Waals surface area contributed by atoms with Crippen molar-refractivity contribution in [2.45, 2.75) is 19.0 Å². The first-order valence-electron chi connectivity index (χ1n) is 4.29. The van der Waals surface area contributed by atoms with E-state index in [0.29, 0.717) is 13.0 Å². The maximum atomic E-state index is 12.2. The van der Waals surface area contributed by atoms with Crippen LogP contribution in [-0.4, -0.2) is 38.3 Å². The van der Waals surface area contributed by atoms with Crippen LogP contribution in [0.25, 0.3) is 0 Å². The second-order valence-electron chi connectivity index (χ2n) is 3.42. The number of hydrogen-bond donors (Lipinski definition) is 1. The van der Waals surface area contributed by atoms with E-state index in [9.17, 15) is 13.2 Å². The Morgan fingerprint density at radius 3 is 2.15 bits per heavy atom. The summed E-state index contributed by atoms with van der Waals surface area (Å²) in [6, 6.07) is 0. The van der Waals surface area contributed by atoms with Crippen molar-refractivity contribution in [2.75, 3.05) is 27.2 Å². The third-order valence-corrected chi connectivity index (χ3v) is 1.91. The van der Waals surface area contributed by atoms with E-state index in [0.717, 1.165) is 0 Å². The van der Waals surface area contributed by atoms with Gasteiger partial charge in [0, 0.05) is 6.54 Å². The summed E-state index contributed by atoms with van der Waals surface area (Å²) < 4.78 is 36.5. The molecule has 0 heterocycles. The molecule has 0 aromatic carbocycles. The number of alkyl halides is 3. The zero-order chi connectivity index (χ0) is 10.5. The second-order valence-corrected chi connectivity index (χ2v) is 3.42. The van der Waals surface area contributed by atoms with E-state index in [1.165, 1.54) is 0 Å². The van der Waals surface area contributed by atoms with Crippen molar-refractivity contribution >= 4 is 0 Å². The smallest absolute Gasteiger partial charge is 0.330 e. The topological polar surface area (TPSA) is 29.3 Å². The molecule has 0 rings (SSSR count). The van der Waals surface area contributed by atoms with Crippen molar-refractivity contribution in [3.8, 4) is 0 Å². The van der Waals surface area contributed by atoms with Crippen molar-refractivity contribution in [3.63, 3.8) is 0 Å². The number of nitrogens with two attached hydrogens (primary N) is 1. The standard InChI is InChI=1S/C8H17F3N2/c1-13(2)5-3-4-7(6-12)8(9,10)11/h7H,3-6,12H2,1-2H3. The Balaban J connectivity index is 3.73. The van der Waals surface area contributed by atoms with Crippen LogP contribution in [-0.2, 0) is 0 Å². The first-order chi connectivity index (χ1) is 5.88. The van der Waals surface area contributed by atoms with Crippen LogP contribution in [0.4, 0.5) is 13.2 Å². The SMILES string of the molecule is CN(C)CCCC(CN)C(F)(F)F. The highest BCUT2D eigenvalue weighted by Crippen LogP contribution is 2.28. The Labute approximate surface area is 76.9 Å². The largest absolute Gasteiger partial charge is 0.393 e. The second kappa shape index (κ2) is 5.44. The molecular formula is C8H17F3N2. The molecule has 0 saturated heterocycles. The van der Waals surface area contributed by atoms with Crippen LogP contribution in [0.5, 0.6) is 0 Å². The molecule has 0 aliphatic rings. The average molecular weight is 198 g/mol. The third kappa shape index (κ3) is 5.87. The average Bonchev–Trinajstić information content (AvgIpc) is 1.95. The molecule has 0 spiro atoms. The zero-order valence-corrected chi connectivity index (χ0v) is 8.06. The Bertz CT molecular complexity index is 134. The lowest BCUT2D eigenvalue weighted by atomic mass is 10.0. The summed E-state index contributed by atoms with van der Waals surface area (Å²) in [6.45, 7) is 0.365. The highest BCUT2D eigenvalue weighted by Gasteiger charge is 2.37. The first-order valence-corrected chi connectivity index (χ1v) is 4.29. The van der Waals surface area contributed by atoms with Crippen molar-refractivity contribution < 1.29 is 13.2 Å². The zero-order valence-electron chi connectivity index (χ0n) is 8.06. The van der Waals surface area contributed by atoms with E-state index in [1.807, 2.05) is 19.0 Å². The summed E-state index contributed by atoms with van der Waals surface area (Å²) in [7, 11) is 3.68. The van der Waals surface area contributed by atoms with Crippen LogP contribution in [0, 0.1) is 5.92 Å². The predicted molar refractivity (Wildman–Crippen MR) is 46.4 cm³/mol.